The average Bonchev–Trinajstić information content (AvgIpc) is 2.42. The number of alkyl halides is 1. The Balaban J connectivity index is 2.23. The molecular formula is C15H20BrFO3. The van der Waals surface area contributed by atoms with Gasteiger partial charge in [-0.3, -0.25) is 0 Å². The second-order valence-corrected chi connectivity index (χ2v) is 6.25. The Hall–Kier alpha value is -0.810. The fourth-order valence-electron chi connectivity index (χ4n) is 2.61. The number of benzene rings is 1. The van der Waals surface area contributed by atoms with Gasteiger partial charge in [-0.2, -0.15) is 0 Å². The van der Waals surface area contributed by atoms with Gasteiger partial charge in [0.05, 0.1) is 19.8 Å². The second-order valence-electron chi connectivity index (χ2n) is 5.14. The van der Waals surface area contributed by atoms with Crippen molar-refractivity contribution in [3.8, 4) is 11.5 Å². The minimum atomic E-state index is -0.296. The van der Waals surface area contributed by atoms with Crippen molar-refractivity contribution in [3.63, 3.8) is 0 Å². The van der Waals surface area contributed by atoms with Crippen LogP contribution in [-0.4, -0.2) is 26.9 Å². The van der Waals surface area contributed by atoms with Gasteiger partial charge in [0.2, 0.25) is 0 Å². The summed E-state index contributed by atoms with van der Waals surface area (Å²) < 4.78 is 30.1. The van der Waals surface area contributed by atoms with Gasteiger partial charge in [0.25, 0.3) is 0 Å². The lowest BCUT2D eigenvalue weighted by molar-refractivity contribution is -0.0774. The van der Waals surface area contributed by atoms with Gasteiger partial charge in [-0.1, -0.05) is 15.9 Å². The molecule has 2 rings (SSSR count). The Labute approximate surface area is 127 Å². The maximum absolute atomic E-state index is 14.2. The molecule has 1 aliphatic carbocycles. The molecule has 1 saturated carbocycles. The van der Waals surface area contributed by atoms with Crippen molar-refractivity contribution in [2.24, 2.45) is 0 Å². The van der Waals surface area contributed by atoms with Gasteiger partial charge in [-0.15, -0.1) is 0 Å². The maximum atomic E-state index is 14.2. The molecule has 0 saturated heterocycles. The van der Waals surface area contributed by atoms with E-state index in [1.807, 2.05) is 0 Å². The van der Waals surface area contributed by atoms with E-state index in [9.17, 15) is 4.39 Å². The molecule has 5 heteroatoms. The van der Waals surface area contributed by atoms with E-state index in [0.29, 0.717) is 17.1 Å². The Morgan fingerprint density at radius 2 is 1.80 bits per heavy atom. The van der Waals surface area contributed by atoms with Crippen LogP contribution in [0.15, 0.2) is 12.1 Å². The quantitative estimate of drug-likeness (QED) is 0.721. The van der Waals surface area contributed by atoms with E-state index < -0.39 is 0 Å². The molecule has 1 unspecified atom stereocenters. The fraction of sp³-hybridized carbons (Fsp3) is 0.600. The monoisotopic (exact) mass is 346 g/mol. The minimum Gasteiger partial charge on any atom is -0.493 e. The van der Waals surface area contributed by atoms with Gasteiger partial charge in [-0.25, -0.2) is 4.39 Å². The third-order valence-corrected chi connectivity index (χ3v) is 4.91. The molecule has 112 valence electrons. The van der Waals surface area contributed by atoms with E-state index in [2.05, 4.69) is 15.9 Å². The molecule has 3 nitrogen and oxygen atoms in total. The molecule has 1 aromatic rings. The highest BCUT2D eigenvalue weighted by atomic mass is 79.9. The molecule has 0 spiro atoms. The number of hydrogen-bond acceptors (Lipinski definition) is 3. The van der Waals surface area contributed by atoms with Crippen LogP contribution in [-0.2, 0) is 4.74 Å². The Morgan fingerprint density at radius 3 is 2.25 bits per heavy atom. The van der Waals surface area contributed by atoms with Crippen LogP contribution in [0.25, 0.3) is 0 Å². The zero-order chi connectivity index (χ0) is 14.8. The van der Waals surface area contributed by atoms with E-state index >= 15 is 0 Å². The molecule has 20 heavy (non-hydrogen) atoms. The number of halogens is 2. The van der Waals surface area contributed by atoms with E-state index in [0.717, 1.165) is 19.3 Å². The number of methoxy groups -OCH3 is 3. The van der Waals surface area contributed by atoms with Crippen molar-refractivity contribution in [1.82, 2.24) is 0 Å². The van der Waals surface area contributed by atoms with Crippen LogP contribution >= 0.6 is 15.9 Å². The third kappa shape index (κ3) is 2.93. The highest BCUT2D eigenvalue weighted by Gasteiger charge is 2.39. The van der Waals surface area contributed by atoms with Gasteiger partial charge in [0, 0.05) is 23.6 Å². The summed E-state index contributed by atoms with van der Waals surface area (Å²) >= 11 is 3.58. The van der Waals surface area contributed by atoms with E-state index in [-0.39, 0.29) is 16.2 Å². The zero-order valence-electron chi connectivity index (χ0n) is 12.0. The van der Waals surface area contributed by atoms with Crippen molar-refractivity contribution in [3.05, 3.63) is 23.5 Å². The first-order valence-corrected chi connectivity index (χ1v) is 7.57. The van der Waals surface area contributed by atoms with Crippen LogP contribution in [0.2, 0.25) is 0 Å². The summed E-state index contributed by atoms with van der Waals surface area (Å²) in [4.78, 5) is -0.109. The molecule has 0 bridgehead atoms. The highest BCUT2D eigenvalue weighted by molar-refractivity contribution is 9.09. The Kier molecular flexibility index (Phi) is 4.91. The lowest BCUT2D eigenvalue weighted by atomic mass is 9.76. The summed E-state index contributed by atoms with van der Waals surface area (Å²) in [6, 6.07) is 3.05. The summed E-state index contributed by atoms with van der Waals surface area (Å²) in [5.41, 5.74) is 0.458. The van der Waals surface area contributed by atoms with Crippen molar-refractivity contribution < 1.29 is 18.6 Å². The predicted octanol–water partition coefficient (Wildman–Crippen LogP) is 4.24. The summed E-state index contributed by atoms with van der Waals surface area (Å²) in [5, 5.41) is 0. The number of hydrogen-bond donors (Lipinski definition) is 0. The van der Waals surface area contributed by atoms with Crippen molar-refractivity contribution in [2.45, 2.75) is 36.1 Å². The summed E-state index contributed by atoms with van der Waals surface area (Å²) in [7, 11) is 4.77. The van der Waals surface area contributed by atoms with Crippen LogP contribution < -0.4 is 9.47 Å². The summed E-state index contributed by atoms with van der Waals surface area (Å²) in [6.45, 7) is 0. The largest absolute Gasteiger partial charge is 0.493 e. The molecule has 1 fully saturated rings. The maximum Gasteiger partial charge on any atom is 0.163 e. The fourth-order valence-corrected chi connectivity index (χ4v) is 3.55. The molecule has 0 N–H and O–H groups in total. The van der Waals surface area contributed by atoms with Gasteiger partial charge < -0.3 is 14.2 Å². The zero-order valence-corrected chi connectivity index (χ0v) is 13.6. The lowest BCUT2D eigenvalue weighted by Gasteiger charge is -2.42. The minimum absolute atomic E-state index is 0.109. The second kappa shape index (κ2) is 6.31. The normalized spacial score (nSPS) is 18.2. The molecule has 1 atom stereocenters. The predicted molar refractivity (Wildman–Crippen MR) is 79.4 cm³/mol. The Bertz CT molecular complexity index is 469. The molecule has 0 amide bonds. The average molecular weight is 347 g/mol. The van der Waals surface area contributed by atoms with Gasteiger partial charge in [0.15, 0.2) is 11.5 Å². The molecule has 0 heterocycles. The summed E-state index contributed by atoms with van der Waals surface area (Å²) in [6.07, 6.45) is 3.97. The van der Waals surface area contributed by atoms with E-state index in [4.69, 9.17) is 14.2 Å². The van der Waals surface area contributed by atoms with Crippen LogP contribution in [0.3, 0.4) is 0 Å². The van der Waals surface area contributed by atoms with Crippen LogP contribution in [0.1, 0.15) is 36.1 Å². The van der Waals surface area contributed by atoms with E-state index in [1.165, 1.54) is 19.6 Å². The number of rotatable bonds is 6. The highest BCUT2D eigenvalue weighted by Crippen LogP contribution is 2.46. The van der Waals surface area contributed by atoms with Crippen LogP contribution in [0.5, 0.6) is 11.5 Å². The van der Waals surface area contributed by atoms with Crippen molar-refractivity contribution in [2.75, 3.05) is 21.3 Å². The van der Waals surface area contributed by atoms with Crippen molar-refractivity contribution >= 4 is 15.9 Å². The Morgan fingerprint density at radius 1 is 1.20 bits per heavy atom. The smallest absolute Gasteiger partial charge is 0.163 e. The van der Waals surface area contributed by atoms with Crippen LogP contribution in [0, 0.1) is 5.82 Å². The standard InChI is InChI=1S/C15H20BrFO3/c1-18-13-7-10(12(17)8-14(13)19-2)11(16)9-15(20-3)5-4-6-15/h7-8,11H,4-6,9H2,1-3H3. The van der Waals surface area contributed by atoms with E-state index in [1.54, 1.807) is 20.3 Å². The first-order valence-electron chi connectivity index (χ1n) is 6.66. The molecule has 1 aliphatic rings. The SMILES string of the molecule is COc1cc(F)c(C(Br)CC2(OC)CCC2)cc1OC. The van der Waals surface area contributed by atoms with Crippen LogP contribution in [0.4, 0.5) is 4.39 Å². The topological polar surface area (TPSA) is 27.7 Å². The van der Waals surface area contributed by atoms with Gasteiger partial charge in [-0.05, 0) is 31.7 Å². The molecule has 0 aliphatic heterocycles. The van der Waals surface area contributed by atoms with Gasteiger partial charge >= 0.3 is 0 Å². The molecular weight excluding hydrogens is 327 g/mol. The first kappa shape index (κ1) is 15.6. The first-order chi connectivity index (χ1) is 9.55. The summed E-state index contributed by atoms with van der Waals surface area (Å²) in [5.74, 6) is 0.641. The molecule has 1 aromatic carbocycles. The molecule has 0 aromatic heterocycles. The lowest BCUT2D eigenvalue weighted by Crippen LogP contribution is -2.39. The molecule has 0 radical (unpaired) electrons. The third-order valence-electron chi connectivity index (χ3n) is 4.09. The number of ether oxygens (including phenoxy) is 3. The van der Waals surface area contributed by atoms with Crippen molar-refractivity contribution in [1.29, 1.82) is 0 Å². The van der Waals surface area contributed by atoms with Gasteiger partial charge in [0.1, 0.15) is 5.82 Å².